The van der Waals surface area contributed by atoms with Crippen molar-refractivity contribution >= 4 is 17.5 Å². The number of fused-ring (bicyclic) bond motifs is 1. The molecule has 0 N–H and O–H groups in total. The van der Waals surface area contributed by atoms with E-state index in [4.69, 9.17) is 25.8 Å². The van der Waals surface area contributed by atoms with Crippen LogP contribution in [0.4, 0.5) is 0 Å². The summed E-state index contributed by atoms with van der Waals surface area (Å²) >= 11 is 6.25. The highest BCUT2D eigenvalue weighted by Gasteiger charge is 2.19. The van der Waals surface area contributed by atoms with E-state index >= 15 is 0 Å². The van der Waals surface area contributed by atoms with Gasteiger partial charge in [0.2, 0.25) is 5.91 Å². The lowest BCUT2D eigenvalue weighted by Gasteiger charge is -2.22. The van der Waals surface area contributed by atoms with Gasteiger partial charge in [-0.3, -0.25) is 4.79 Å². The topological polar surface area (TPSA) is 48.0 Å². The Morgan fingerprint density at radius 3 is 2.81 bits per heavy atom. The van der Waals surface area contributed by atoms with Crippen LogP contribution in [0.3, 0.4) is 0 Å². The van der Waals surface area contributed by atoms with Crippen LogP contribution in [0.1, 0.15) is 18.1 Å². The van der Waals surface area contributed by atoms with Gasteiger partial charge in [-0.1, -0.05) is 29.8 Å². The molecule has 0 saturated carbocycles. The van der Waals surface area contributed by atoms with E-state index in [1.807, 2.05) is 37.3 Å². The van der Waals surface area contributed by atoms with Gasteiger partial charge in [0.15, 0.2) is 11.5 Å². The van der Waals surface area contributed by atoms with Gasteiger partial charge >= 0.3 is 0 Å². The molecule has 1 amide bonds. The number of benzene rings is 2. The highest BCUT2D eigenvalue weighted by Crippen LogP contribution is 2.38. The minimum atomic E-state index is -0.0101. The van der Waals surface area contributed by atoms with Crippen molar-refractivity contribution in [2.45, 2.75) is 19.9 Å². The average Bonchev–Trinajstić information content (AvgIpc) is 2.63. The van der Waals surface area contributed by atoms with Crippen molar-refractivity contribution in [3.05, 3.63) is 52.5 Å². The van der Waals surface area contributed by atoms with Crippen molar-refractivity contribution < 1.29 is 19.0 Å². The fourth-order valence-corrected chi connectivity index (χ4v) is 3.14. The summed E-state index contributed by atoms with van der Waals surface area (Å²) in [4.78, 5) is 14.3. The number of hydrogen-bond acceptors (Lipinski definition) is 4. The van der Waals surface area contributed by atoms with Gasteiger partial charge in [-0.05, 0) is 30.7 Å². The van der Waals surface area contributed by atoms with Crippen molar-refractivity contribution in [2.24, 2.45) is 0 Å². The zero-order chi connectivity index (χ0) is 18.5. The van der Waals surface area contributed by atoms with Crippen LogP contribution in [0.5, 0.6) is 17.2 Å². The molecule has 2 aromatic rings. The van der Waals surface area contributed by atoms with Gasteiger partial charge in [-0.15, -0.1) is 0 Å². The monoisotopic (exact) mass is 375 g/mol. The van der Waals surface area contributed by atoms with Gasteiger partial charge in [0.25, 0.3) is 0 Å². The molecule has 0 radical (unpaired) electrons. The molecule has 1 heterocycles. The Morgan fingerprint density at radius 2 is 2.00 bits per heavy atom. The SMILES string of the molecule is CCOc1ccccc1CN(C)C(=O)Cc1cc(Cl)c2c(c1)OCCO2. The van der Waals surface area contributed by atoms with Crippen LogP contribution in [0.25, 0.3) is 0 Å². The fourth-order valence-electron chi connectivity index (χ4n) is 2.85. The largest absolute Gasteiger partial charge is 0.494 e. The molecule has 1 aliphatic rings. The van der Waals surface area contributed by atoms with Crippen molar-refractivity contribution in [1.29, 1.82) is 0 Å². The van der Waals surface area contributed by atoms with E-state index in [1.54, 1.807) is 18.0 Å². The number of carbonyl (C=O) groups is 1. The summed E-state index contributed by atoms with van der Waals surface area (Å²) in [5.74, 6) is 1.94. The van der Waals surface area contributed by atoms with Crippen molar-refractivity contribution in [3.63, 3.8) is 0 Å². The maximum absolute atomic E-state index is 12.6. The molecule has 5 nitrogen and oxygen atoms in total. The van der Waals surface area contributed by atoms with Gasteiger partial charge < -0.3 is 19.1 Å². The summed E-state index contributed by atoms with van der Waals surface area (Å²) in [7, 11) is 1.78. The van der Waals surface area contributed by atoms with Crippen LogP contribution in [-0.2, 0) is 17.8 Å². The van der Waals surface area contributed by atoms with Crippen LogP contribution in [0.15, 0.2) is 36.4 Å². The first-order valence-electron chi connectivity index (χ1n) is 8.61. The lowest BCUT2D eigenvalue weighted by molar-refractivity contribution is -0.129. The molecule has 6 heteroatoms. The highest BCUT2D eigenvalue weighted by molar-refractivity contribution is 6.32. The van der Waals surface area contributed by atoms with Gasteiger partial charge in [-0.2, -0.15) is 0 Å². The van der Waals surface area contributed by atoms with E-state index in [1.165, 1.54) is 0 Å². The molecule has 138 valence electrons. The molecule has 2 aromatic carbocycles. The number of para-hydroxylation sites is 1. The minimum Gasteiger partial charge on any atom is -0.494 e. The number of halogens is 1. The molecule has 0 saturated heterocycles. The lowest BCUT2D eigenvalue weighted by Crippen LogP contribution is -2.28. The molecule has 1 aliphatic heterocycles. The van der Waals surface area contributed by atoms with Gasteiger partial charge in [-0.25, -0.2) is 0 Å². The van der Waals surface area contributed by atoms with Crippen LogP contribution >= 0.6 is 11.6 Å². The third-order valence-corrected chi connectivity index (χ3v) is 4.40. The molecule has 0 aliphatic carbocycles. The number of carbonyl (C=O) groups excluding carboxylic acids is 1. The number of ether oxygens (including phenoxy) is 3. The highest BCUT2D eigenvalue weighted by atomic mass is 35.5. The zero-order valence-electron chi connectivity index (χ0n) is 15.0. The number of nitrogens with zero attached hydrogens (tertiary/aromatic N) is 1. The third-order valence-electron chi connectivity index (χ3n) is 4.12. The zero-order valence-corrected chi connectivity index (χ0v) is 15.7. The van der Waals surface area contributed by atoms with Crippen LogP contribution in [0, 0.1) is 0 Å². The standard InChI is InChI=1S/C20H22ClNO4/c1-3-24-17-7-5-4-6-15(17)13-22(2)19(23)12-14-10-16(21)20-18(11-14)25-8-9-26-20/h4-7,10-11H,3,8-9,12-13H2,1-2H3. The predicted molar refractivity (Wildman–Crippen MR) is 100 cm³/mol. The smallest absolute Gasteiger partial charge is 0.227 e. The summed E-state index contributed by atoms with van der Waals surface area (Å²) in [5.41, 5.74) is 1.78. The Balaban J connectivity index is 1.69. The van der Waals surface area contributed by atoms with E-state index in [9.17, 15) is 4.79 Å². The predicted octanol–water partition coefficient (Wildman–Crippen LogP) is 3.71. The first kappa shape index (κ1) is 18.4. The Kier molecular flexibility index (Phi) is 5.89. The Labute approximate surface area is 158 Å². The molecule has 0 atom stereocenters. The molecule has 0 fully saturated rings. The van der Waals surface area contributed by atoms with Gasteiger partial charge in [0.05, 0.1) is 18.1 Å². The van der Waals surface area contributed by atoms with Crippen molar-refractivity contribution in [2.75, 3.05) is 26.9 Å². The molecule has 3 rings (SSSR count). The number of amides is 1. The molecule has 0 unspecified atom stereocenters. The number of rotatable bonds is 6. The normalized spacial score (nSPS) is 12.6. The van der Waals surface area contributed by atoms with E-state index in [0.717, 1.165) is 16.9 Å². The van der Waals surface area contributed by atoms with Gasteiger partial charge in [0.1, 0.15) is 19.0 Å². The second-order valence-corrected chi connectivity index (χ2v) is 6.48. The molecule has 0 bridgehead atoms. The summed E-state index contributed by atoms with van der Waals surface area (Å²) in [5, 5.41) is 0.467. The summed E-state index contributed by atoms with van der Waals surface area (Å²) in [6.45, 7) is 3.97. The number of hydrogen-bond donors (Lipinski definition) is 0. The van der Waals surface area contributed by atoms with E-state index < -0.39 is 0 Å². The minimum absolute atomic E-state index is 0.0101. The molecule has 0 aromatic heterocycles. The van der Waals surface area contributed by atoms with Gasteiger partial charge in [0, 0.05) is 19.2 Å². The quantitative estimate of drug-likeness (QED) is 0.772. The van der Waals surface area contributed by atoms with E-state index in [-0.39, 0.29) is 12.3 Å². The van der Waals surface area contributed by atoms with Crippen molar-refractivity contribution in [3.8, 4) is 17.2 Å². The van der Waals surface area contributed by atoms with Crippen molar-refractivity contribution in [1.82, 2.24) is 4.90 Å². The first-order chi connectivity index (χ1) is 12.6. The average molecular weight is 376 g/mol. The fraction of sp³-hybridized carbons (Fsp3) is 0.350. The van der Waals surface area contributed by atoms with E-state index in [2.05, 4.69) is 0 Å². The Bertz CT molecular complexity index is 793. The van der Waals surface area contributed by atoms with Crippen LogP contribution in [0.2, 0.25) is 5.02 Å². The van der Waals surface area contributed by atoms with Crippen LogP contribution < -0.4 is 14.2 Å². The summed E-state index contributed by atoms with van der Waals surface area (Å²) in [6.07, 6.45) is 0.240. The first-order valence-corrected chi connectivity index (χ1v) is 8.99. The molecular formula is C20H22ClNO4. The third kappa shape index (κ3) is 4.22. The van der Waals surface area contributed by atoms with E-state index in [0.29, 0.717) is 42.9 Å². The van der Waals surface area contributed by atoms with Crippen LogP contribution in [-0.4, -0.2) is 37.7 Å². The second kappa shape index (κ2) is 8.32. The summed E-state index contributed by atoms with van der Waals surface area (Å²) < 4.78 is 16.7. The second-order valence-electron chi connectivity index (χ2n) is 6.07. The Morgan fingerprint density at radius 1 is 1.23 bits per heavy atom. The maximum Gasteiger partial charge on any atom is 0.227 e. The summed E-state index contributed by atoms with van der Waals surface area (Å²) in [6, 6.07) is 11.3. The molecule has 0 spiro atoms. The lowest BCUT2D eigenvalue weighted by atomic mass is 10.1. The maximum atomic E-state index is 12.6. The Hall–Kier alpha value is -2.40. The number of likely N-dealkylation sites (N-methyl/N-ethyl adjacent to an activating group) is 1. The molecular weight excluding hydrogens is 354 g/mol. The molecule has 26 heavy (non-hydrogen) atoms.